The monoisotopic (exact) mass is 328 g/mol. The van der Waals surface area contributed by atoms with Crippen LogP contribution in [0.15, 0.2) is 0 Å². The Morgan fingerprint density at radius 1 is 0.786 bits per heavy atom. The summed E-state index contributed by atoms with van der Waals surface area (Å²) in [5.74, 6) is 0. The average molecular weight is 330 g/mol. The second-order valence-electron chi connectivity index (χ2n) is 3.74. The van der Waals surface area contributed by atoms with Crippen LogP contribution in [0.5, 0.6) is 0 Å². The third-order valence-electron chi connectivity index (χ3n) is 2.33. The third kappa shape index (κ3) is 12.9. The predicted molar refractivity (Wildman–Crippen MR) is 70.3 cm³/mol. The van der Waals surface area contributed by atoms with Crippen molar-refractivity contribution in [2.75, 3.05) is 5.33 Å². The zero-order valence-electron chi connectivity index (χ0n) is 8.85. The van der Waals surface area contributed by atoms with Gasteiger partial charge in [0.1, 0.15) is 5.01 Å². The summed E-state index contributed by atoms with van der Waals surface area (Å²) in [6.45, 7) is 0. The summed E-state index contributed by atoms with van der Waals surface area (Å²) in [7, 11) is 0. The first-order valence-corrected chi connectivity index (χ1v) is 7.69. The molecule has 0 aliphatic carbocycles. The first-order valence-electron chi connectivity index (χ1n) is 5.65. The van der Waals surface area contributed by atoms with Crippen LogP contribution in [0.2, 0.25) is 0 Å². The van der Waals surface area contributed by atoms with Gasteiger partial charge >= 0.3 is 0 Å². The number of aliphatic hydroxyl groups is 1. The van der Waals surface area contributed by atoms with Crippen molar-refractivity contribution in [1.29, 1.82) is 0 Å². The first-order chi connectivity index (χ1) is 6.77. The number of unbranched alkanes of at least 4 members (excludes halogenated alkanes) is 7. The van der Waals surface area contributed by atoms with Gasteiger partial charge in [-0.15, -0.1) is 0 Å². The Hall–Kier alpha value is 0.920. The lowest BCUT2D eigenvalue weighted by molar-refractivity contribution is 0.254. The lowest BCUT2D eigenvalue weighted by Gasteiger charge is -2.02. The van der Waals surface area contributed by atoms with Gasteiger partial charge in [0.2, 0.25) is 0 Å². The van der Waals surface area contributed by atoms with Gasteiger partial charge in [0.15, 0.2) is 0 Å². The minimum absolute atomic E-state index is 0.290. The van der Waals surface area contributed by atoms with Crippen LogP contribution < -0.4 is 0 Å². The summed E-state index contributed by atoms with van der Waals surface area (Å²) in [5, 5.41) is 9.82. The van der Waals surface area contributed by atoms with E-state index in [2.05, 4.69) is 31.9 Å². The van der Waals surface area contributed by atoms with E-state index in [9.17, 15) is 0 Å². The molecule has 1 nitrogen and oxygen atoms in total. The Morgan fingerprint density at radius 3 is 1.64 bits per heavy atom. The van der Waals surface area contributed by atoms with Crippen LogP contribution in [0.4, 0.5) is 0 Å². The van der Waals surface area contributed by atoms with Gasteiger partial charge < -0.3 is 5.11 Å². The third-order valence-corrected chi connectivity index (χ3v) is 3.34. The van der Waals surface area contributed by atoms with Crippen molar-refractivity contribution in [3.8, 4) is 0 Å². The molecule has 0 aromatic carbocycles. The van der Waals surface area contributed by atoms with Gasteiger partial charge in [-0.25, -0.2) is 0 Å². The minimum Gasteiger partial charge on any atom is -0.382 e. The molecule has 0 aliphatic rings. The quantitative estimate of drug-likeness (QED) is 0.458. The largest absolute Gasteiger partial charge is 0.382 e. The van der Waals surface area contributed by atoms with Crippen LogP contribution in [0.1, 0.15) is 57.8 Å². The van der Waals surface area contributed by atoms with Gasteiger partial charge in [-0.3, -0.25) is 0 Å². The molecule has 0 saturated heterocycles. The second-order valence-corrected chi connectivity index (χ2v) is 5.59. The van der Waals surface area contributed by atoms with E-state index in [1.54, 1.807) is 0 Å². The molecule has 0 spiro atoms. The molecule has 14 heavy (non-hydrogen) atoms. The van der Waals surface area contributed by atoms with Gasteiger partial charge in [-0.05, 0) is 19.3 Å². The number of aliphatic hydroxyl groups excluding tert-OH is 1. The topological polar surface area (TPSA) is 20.2 Å². The number of rotatable bonds is 10. The highest BCUT2D eigenvalue weighted by Gasteiger charge is 1.96. The van der Waals surface area contributed by atoms with E-state index >= 15 is 0 Å². The van der Waals surface area contributed by atoms with E-state index in [0.717, 1.165) is 18.2 Å². The average Bonchev–Trinajstić information content (AvgIpc) is 2.15. The van der Waals surface area contributed by atoms with Crippen molar-refractivity contribution < 1.29 is 5.11 Å². The number of alkyl halides is 2. The van der Waals surface area contributed by atoms with E-state index in [-0.39, 0.29) is 5.01 Å². The molecule has 1 N–H and O–H groups in total. The summed E-state index contributed by atoms with van der Waals surface area (Å²) < 4.78 is 0. The second kappa shape index (κ2) is 12.0. The fourth-order valence-electron chi connectivity index (χ4n) is 1.47. The summed E-state index contributed by atoms with van der Waals surface area (Å²) in [4.78, 5) is 0. The molecular formula is C11H22Br2O. The lowest BCUT2D eigenvalue weighted by Crippen LogP contribution is -1.93. The van der Waals surface area contributed by atoms with E-state index < -0.39 is 0 Å². The molecule has 0 bridgehead atoms. The van der Waals surface area contributed by atoms with Crippen molar-refractivity contribution in [2.24, 2.45) is 0 Å². The highest BCUT2D eigenvalue weighted by atomic mass is 79.9. The predicted octanol–water partition coefficient (Wildman–Crippen LogP) is 4.61. The molecule has 1 unspecified atom stereocenters. The highest BCUT2D eigenvalue weighted by molar-refractivity contribution is 9.09. The molecule has 0 fully saturated rings. The summed E-state index contributed by atoms with van der Waals surface area (Å²) in [6.07, 6.45) is 11.4. The van der Waals surface area contributed by atoms with Gasteiger partial charge in [-0.2, -0.15) is 0 Å². The Balaban J connectivity index is 2.85. The van der Waals surface area contributed by atoms with E-state index in [1.807, 2.05) is 0 Å². The molecule has 1 atom stereocenters. The molecule has 0 aromatic heterocycles. The Kier molecular flexibility index (Phi) is 12.8. The van der Waals surface area contributed by atoms with Crippen LogP contribution in [0, 0.1) is 0 Å². The summed E-state index contributed by atoms with van der Waals surface area (Å²) in [6, 6.07) is 0. The van der Waals surface area contributed by atoms with Crippen LogP contribution in [0.25, 0.3) is 0 Å². The standard InChI is InChI=1S/C11H22Br2O/c12-10-8-6-4-2-1-3-5-7-9-11(13)14/h11,14H,1-10H2. The van der Waals surface area contributed by atoms with Gasteiger partial charge in [0, 0.05) is 5.33 Å². The van der Waals surface area contributed by atoms with Gasteiger partial charge in [-0.1, -0.05) is 70.4 Å². The van der Waals surface area contributed by atoms with Gasteiger partial charge in [0.05, 0.1) is 0 Å². The lowest BCUT2D eigenvalue weighted by atomic mass is 10.1. The minimum atomic E-state index is -0.290. The molecule has 0 saturated carbocycles. The molecular weight excluding hydrogens is 308 g/mol. The molecule has 0 heterocycles. The molecule has 0 radical (unpaired) electrons. The van der Waals surface area contributed by atoms with Crippen molar-refractivity contribution in [2.45, 2.75) is 62.8 Å². The maximum atomic E-state index is 8.96. The zero-order chi connectivity index (χ0) is 10.6. The molecule has 3 heteroatoms. The summed E-state index contributed by atoms with van der Waals surface area (Å²) in [5.41, 5.74) is 0. The normalized spacial score (nSPS) is 13.1. The molecule has 0 amide bonds. The Labute approximate surface area is 105 Å². The molecule has 0 aromatic rings. The smallest absolute Gasteiger partial charge is 0.109 e. The van der Waals surface area contributed by atoms with E-state index in [4.69, 9.17) is 5.11 Å². The Bertz CT molecular complexity index is 107. The van der Waals surface area contributed by atoms with E-state index in [0.29, 0.717) is 0 Å². The van der Waals surface area contributed by atoms with Crippen molar-refractivity contribution in [3.63, 3.8) is 0 Å². The van der Waals surface area contributed by atoms with Crippen LogP contribution in [0.3, 0.4) is 0 Å². The van der Waals surface area contributed by atoms with Crippen LogP contribution >= 0.6 is 31.9 Å². The molecule has 0 rings (SSSR count). The number of halogens is 2. The Morgan fingerprint density at radius 2 is 1.21 bits per heavy atom. The fraction of sp³-hybridized carbons (Fsp3) is 1.00. The molecule has 0 aliphatic heterocycles. The fourth-order valence-corrected chi connectivity index (χ4v) is 2.19. The SMILES string of the molecule is OC(Br)CCCCCCCCCCBr. The first kappa shape index (κ1) is 14.9. The highest BCUT2D eigenvalue weighted by Crippen LogP contribution is 2.12. The summed E-state index contributed by atoms with van der Waals surface area (Å²) >= 11 is 6.57. The zero-order valence-corrected chi connectivity index (χ0v) is 12.0. The van der Waals surface area contributed by atoms with Crippen LogP contribution in [-0.4, -0.2) is 15.4 Å². The number of hydrogen-bond acceptors (Lipinski definition) is 1. The van der Waals surface area contributed by atoms with Crippen molar-refractivity contribution in [1.82, 2.24) is 0 Å². The molecule has 86 valence electrons. The maximum Gasteiger partial charge on any atom is 0.109 e. The van der Waals surface area contributed by atoms with Crippen LogP contribution in [-0.2, 0) is 0 Å². The van der Waals surface area contributed by atoms with E-state index in [1.165, 1.54) is 44.9 Å². The maximum absolute atomic E-state index is 8.96. The van der Waals surface area contributed by atoms with Crippen molar-refractivity contribution >= 4 is 31.9 Å². The number of hydrogen-bond donors (Lipinski definition) is 1. The van der Waals surface area contributed by atoms with Crippen molar-refractivity contribution in [3.05, 3.63) is 0 Å². The van der Waals surface area contributed by atoms with Gasteiger partial charge in [0.25, 0.3) is 0 Å².